The topological polar surface area (TPSA) is 89.2 Å². The van der Waals surface area contributed by atoms with Gasteiger partial charge in [-0.2, -0.15) is 0 Å². The number of aryl methyl sites for hydroxylation is 1. The summed E-state index contributed by atoms with van der Waals surface area (Å²) in [7, 11) is 0. The van der Waals surface area contributed by atoms with Crippen molar-refractivity contribution in [1.82, 2.24) is 4.90 Å². The Balaban J connectivity index is 1.70. The van der Waals surface area contributed by atoms with Gasteiger partial charge in [0.05, 0.1) is 17.7 Å². The summed E-state index contributed by atoms with van der Waals surface area (Å²) in [6.07, 6.45) is 3.26. The molecule has 2 aliphatic heterocycles. The third-order valence-corrected chi connectivity index (χ3v) is 5.50. The van der Waals surface area contributed by atoms with E-state index in [-0.39, 0.29) is 24.0 Å². The van der Waals surface area contributed by atoms with E-state index in [4.69, 9.17) is 13.9 Å². The Labute approximate surface area is 180 Å². The molecule has 0 aliphatic carbocycles. The zero-order valence-electron chi connectivity index (χ0n) is 17.4. The minimum absolute atomic E-state index is 0.0112. The molecule has 0 radical (unpaired) electrons. The molecule has 2 unspecified atom stereocenters. The molecule has 1 amide bonds. The van der Waals surface area contributed by atoms with E-state index in [0.29, 0.717) is 30.3 Å². The summed E-state index contributed by atoms with van der Waals surface area (Å²) in [6, 6.07) is 9.59. The van der Waals surface area contributed by atoms with E-state index >= 15 is 0 Å². The van der Waals surface area contributed by atoms with Crippen molar-refractivity contribution in [2.75, 3.05) is 19.8 Å². The number of hydrogen-bond acceptors (Lipinski definition) is 6. The molecule has 1 fully saturated rings. The van der Waals surface area contributed by atoms with Gasteiger partial charge < -0.3 is 23.9 Å². The number of carbonyl (C=O) groups is 2. The highest BCUT2D eigenvalue weighted by molar-refractivity contribution is 6.15. The van der Waals surface area contributed by atoms with E-state index in [0.717, 1.165) is 12.8 Å². The van der Waals surface area contributed by atoms with Gasteiger partial charge in [0.25, 0.3) is 5.91 Å². The summed E-state index contributed by atoms with van der Waals surface area (Å²) in [5.41, 5.74) is 0.699. The quantitative estimate of drug-likeness (QED) is 0.512. The van der Waals surface area contributed by atoms with Gasteiger partial charge >= 0.3 is 0 Å². The van der Waals surface area contributed by atoms with Crippen LogP contribution in [0.1, 0.15) is 40.8 Å². The molecule has 7 heteroatoms. The predicted octanol–water partition coefficient (Wildman–Crippen LogP) is 3.91. The van der Waals surface area contributed by atoms with Crippen LogP contribution in [0.2, 0.25) is 0 Å². The molecule has 3 heterocycles. The molecule has 31 heavy (non-hydrogen) atoms. The summed E-state index contributed by atoms with van der Waals surface area (Å²) in [4.78, 5) is 27.7. The molecule has 1 aromatic heterocycles. The van der Waals surface area contributed by atoms with E-state index in [1.807, 2.05) is 0 Å². The number of aliphatic hydroxyl groups excluding tert-OH is 1. The molecule has 0 bridgehead atoms. The fraction of sp³-hybridized carbons (Fsp3) is 0.333. The number of hydrogen-bond donors (Lipinski definition) is 1. The molecule has 0 saturated carbocycles. The highest BCUT2D eigenvalue weighted by Crippen LogP contribution is 2.40. The number of rotatable bonds is 8. The van der Waals surface area contributed by atoms with Crippen molar-refractivity contribution in [2.24, 2.45) is 0 Å². The van der Waals surface area contributed by atoms with Crippen LogP contribution in [0.15, 0.2) is 64.8 Å². The maximum atomic E-state index is 13.2. The minimum atomic E-state index is -0.747. The van der Waals surface area contributed by atoms with Crippen LogP contribution >= 0.6 is 0 Å². The number of amides is 1. The van der Waals surface area contributed by atoms with Crippen LogP contribution < -0.4 is 4.74 Å². The van der Waals surface area contributed by atoms with Crippen molar-refractivity contribution in [3.8, 4) is 5.75 Å². The predicted molar refractivity (Wildman–Crippen MR) is 113 cm³/mol. The van der Waals surface area contributed by atoms with Crippen LogP contribution in [0.5, 0.6) is 5.75 Å². The first kappa shape index (κ1) is 20.9. The van der Waals surface area contributed by atoms with Crippen LogP contribution in [-0.4, -0.2) is 47.6 Å². The summed E-state index contributed by atoms with van der Waals surface area (Å²) < 4.78 is 16.7. The Morgan fingerprint density at radius 1 is 1.29 bits per heavy atom. The van der Waals surface area contributed by atoms with Crippen molar-refractivity contribution in [3.05, 3.63) is 77.5 Å². The second-order valence-electron chi connectivity index (χ2n) is 7.67. The Morgan fingerprint density at radius 2 is 2.06 bits per heavy atom. The first-order valence-corrected chi connectivity index (χ1v) is 10.3. The summed E-state index contributed by atoms with van der Waals surface area (Å²) in [6.45, 7) is 6.66. The van der Waals surface area contributed by atoms with Gasteiger partial charge in [0.15, 0.2) is 11.5 Å². The summed E-state index contributed by atoms with van der Waals surface area (Å²) in [5.74, 6) is -0.341. The number of Topliss-reactive ketones (excluding diaryl/α,β-unsaturated/α-hetero) is 1. The van der Waals surface area contributed by atoms with Gasteiger partial charge in [-0.3, -0.25) is 9.59 Å². The van der Waals surface area contributed by atoms with Gasteiger partial charge in [-0.05, 0) is 49.6 Å². The summed E-state index contributed by atoms with van der Waals surface area (Å²) >= 11 is 0. The molecule has 2 atom stereocenters. The Bertz CT molecular complexity index is 1010. The monoisotopic (exact) mass is 423 g/mol. The van der Waals surface area contributed by atoms with Crippen molar-refractivity contribution in [1.29, 1.82) is 0 Å². The number of furan rings is 1. The lowest BCUT2D eigenvalue weighted by molar-refractivity contribution is -0.131. The van der Waals surface area contributed by atoms with Crippen LogP contribution in [0.3, 0.4) is 0 Å². The number of carbonyl (C=O) groups excluding carboxylic acids is 2. The number of aliphatic hydroxyl groups is 1. The highest BCUT2D eigenvalue weighted by atomic mass is 16.5. The van der Waals surface area contributed by atoms with Crippen molar-refractivity contribution >= 4 is 11.7 Å². The minimum Gasteiger partial charge on any atom is -0.503 e. The van der Waals surface area contributed by atoms with Crippen LogP contribution in [0.4, 0.5) is 0 Å². The first-order valence-electron chi connectivity index (χ1n) is 10.3. The smallest absolute Gasteiger partial charge is 0.290 e. The van der Waals surface area contributed by atoms with Crippen LogP contribution in [0.25, 0.3) is 0 Å². The van der Waals surface area contributed by atoms with E-state index in [2.05, 4.69) is 6.58 Å². The standard InChI is InChI=1S/C24H25NO6/c1-3-12-29-17-9-7-16(8-10-17)21-20(22(26)19-11-6-15(2)31-19)23(27)24(28)25(21)14-18-5-4-13-30-18/h3,6-11,18,21,27H,1,4-5,12-14H2,2H3. The Kier molecular flexibility index (Phi) is 5.95. The molecule has 0 spiro atoms. The van der Waals surface area contributed by atoms with Gasteiger partial charge in [-0.1, -0.05) is 24.8 Å². The fourth-order valence-electron chi connectivity index (χ4n) is 4.02. The largest absolute Gasteiger partial charge is 0.503 e. The third-order valence-electron chi connectivity index (χ3n) is 5.50. The molecule has 2 aliphatic rings. The van der Waals surface area contributed by atoms with Crippen molar-refractivity contribution < 1.29 is 28.6 Å². The zero-order valence-corrected chi connectivity index (χ0v) is 17.4. The van der Waals surface area contributed by atoms with Crippen LogP contribution in [-0.2, 0) is 9.53 Å². The van der Waals surface area contributed by atoms with Crippen molar-refractivity contribution in [3.63, 3.8) is 0 Å². The lowest BCUT2D eigenvalue weighted by Crippen LogP contribution is -2.37. The van der Waals surface area contributed by atoms with Gasteiger partial charge in [-0.25, -0.2) is 0 Å². The van der Waals surface area contributed by atoms with E-state index in [9.17, 15) is 14.7 Å². The zero-order chi connectivity index (χ0) is 22.0. The molecule has 4 rings (SSSR count). The fourth-order valence-corrected chi connectivity index (χ4v) is 4.02. The second-order valence-corrected chi connectivity index (χ2v) is 7.67. The number of benzene rings is 1. The summed E-state index contributed by atoms with van der Waals surface area (Å²) in [5, 5.41) is 10.7. The Morgan fingerprint density at radius 3 is 2.68 bits per heavy atom. The molecule has 2 aromatic rings. The lowest BCUT2D eigenvalue weighted by atomic mass is 9.95. The van der Waals surface area contributed by atoms with E-state index in [1.54, 1.807) is 49.4 Å². The molecule has 1 aromatic carbocycles. The number of ketones is 1. The molecular formula is C24H25NO6. The van der Waals surface area contributed by atoms with E-state index in [1.165, 1.54) is 4.90 Å². The van der Waals surface area contributed by atoms with Gasteiger partial charge in [0.1, 0.15) is 18.1 Å². The highest BCUT2D eigenvalue weighted by Gasteiger charge is 2.45. The Hall–Kier alpha value is -3.32. The third kappa shape index (κ3) is 4.14. The number of nitrogens with zero attached hydrogens (tertiary/aromatic N) is 1. The maximum absolute atomic E-state index is 13.2. The van der Waals surface area contributed by atoms with Crippen LogP contribution in [0, 0.1) is 6.92 Å². The molecule has 1 saturated heterocycles. The average Bonchev–Trinajstić information content (AvgIpc) is 3.50. The normalized spacial score (nSPS) is 21.1. The van der Waals surface area contributed by atoms with Gasteiger partial charge in [0, 0.05) is 13.2 Å². The molecule has 1 N–H and O–H groups in total. The number of ether oxygens (including phenoxy) is 2. The first-order chi connectivity index (χ1) is 15.0. The average molecular weight is 423 g/mol. The maximum Gasteiger partial charge on any atom is 0.290 e. The van der Waals surface area contributed by atoms with Crippen molar-refractivity contribution in [2.45, 2.75) is 31.9 Å². The lowest BCUT2D eigenvalue weighted by Gasteiger charge is -2.28. The SMILES string of the molecule is C=CCOc1ccc(C2C(C(=O)c3ccc(C)o3)=C(O)C(=O)N2CC2CCCO2)cc1. The molecule has 7 nitrogen and oxygen atoms in total. The molecule has 162 valence electrons. The van der Waals surface area contributed by atoms with Gasteiger partial charge in [-0.15, -0.1) is 0 Å². The van der Waals surface area contributed by atoms with E-state index < -0.39 is 23.5 Å². The van der Waals surface area contributed by atoms with Gasteiger partial charge in [0.2, 0.25) is 5.78 Å². The molecular weight excluding hydrogens is 398 g/mol. The second kappa shape index (κ2) is 8.81.